The zero-order chi connectivity index (χ0) is 14.5. The maximum absolute atomic E-state index is 11.7. The van der Waals surface area contributed by atoms with Crippen LogP contribution in [-0.2, 0) is 14.3 Å². The maximum Gasteiger partial charge on any atom is 0.306 e. The summed E-state index contributed by atoms with van der Waals surface area (Å²) in [4.78, 5) is 22.6. The van der Waals surface area contributed by atoms with Crippen LogP contribution in [0.1, 0.15) is 46.0 Å². The summed E-state index contributed by atoms with van der Waals surface area (Å²) in [6, 6.07) is 0. The topological polar surface area (TPSA) is 75.6 Å². The van der Waals surface area contributed by atoms with E-state index in [1.807, 2.05) is 13.8 Å². The van der Waals surface area contributed by atoms with Crippen molar-refractivity contribution in [3.05, 3.63) is 0 Å². The summed E-state index contributed by atoms with van der Waals surface area (Å²) < 4.78 is 5.21. The molecule has 0 radical (unpaired) electrons. The highest BCUT2D eigenvalue weighted by Crippen LogP contribution is 2.28. The lowest BCUT2D eigenvalue weighted by atomic mass is 9.82. The second kappa shape index (κ2) is 6.89. The van der Waals surface area contributed by atoms with E-state index in [1.54, 1.807) is 7.11 Å². The van der Waals surface area contributed by atoms with Gasteiger partial charge in [0.15, 0.2) is 0 Å². The lowest BCUT2D eigenvalue weighted by molar-refractivity contribution is -0.143. The van der Waals surface area contributed by atoms with Gasteiger partial charge in [0.2, 0.25) is 5.91 Å². The number of carbonyl (C=O) groups excluding carboxylic acids is 1. The van der Waals surface area contributed by atoms with E-state index >= 15 is 0 Å². The quantitative estimate of drug-likeness (QED) is 0.772. The maximum atomic E-state index is 11.7. The van der Waals surface area contributed by atoms with Crippen molar-refractivity contribution in [2.75, 3.05) is 13.7 Å². The van der Waals surface area contributed by atoms with Gasteiger partial charge in [0, 0.05) is 13.7 Å². The number of hydrogen-bond acceptors (Lipinski definition) is 3. The van der Waals surface area contributed by atoms with Crippen molar-refractivity contribution in [3.8, 4) is 0 Å². The fourth-order valence-electron chi connectivity index (χ4n) is 2.39. The summed E-state index contributed by atoms with van der Waals surface area (Å²) in [5.41, 5.74) is -0.439. The molecule has 1 aliphatic rings. The predicted molar refractivity (Wildman–Crippen MR) is 71.8 cm³/mol. The molecule has 110 valence electrons. The van der Waals surface area contributed by atoms with Crippen molar-refractivity contribution in [3.63, 3.8) is 0 Å². The number of nitrogens with one attached hydrogen (secondary N) is 1. The number of carboxylic acid groups (broad SMARTS) is 1. The van der Waals surface area contributed by atoms with Gasteiger partial charge in [-0.3, -0.25) is 9.59 Å². The first-order chi connectivity index (χ1) is 8.84. The van der Waals surface area contributed by atoms with Crippen molar-refractivity contribution in [1.82, 2.24) is 5.32 Å². The average Bonchev–Trinajstić information content (AvgIpc) is 2.36. The summed E-state index contributed by atoms with van der Waals surface area (Å²) >= 11 is 0. The third-order valence-corrected chi connectivity index (χ3v) is 3.92. The van der Waals surface area contributed by atoms with Gasteiger partial charge in [-0.15, -0.1) is 0 Å². The molecule has 0 heterocycles. The number of carboxylic acids is 1. The fraction of sp³-hybridized carbons (Fsp3) is 0.857. The van der Waals surface area contributed by atoms with Crippen LogP contribution in [0.3, 0.4) is 0 Å². The SMILES string of the molecule is COC(C)(C)CC(=O)NCC1CCC(C(=O)O)CC1. The Morgan fingerprint density at radius 1 is 1.26 bits per heavy atom. The highest BCUT2D eigenvalue weighted by molar-refractivity contribution is 5.76. The van der Waals surface area contributed by atoms with Gasteiger partial charge in [0.1, 0.15) is 0 Å². The minimum Gasteiger partial charge on any atom is -0.481 e. The van der Waals surface area contributed by atoms with Crippen LogP contribution < -0.4 is 5.32 Å². The van der Waals surface area contributed by atoms with Crippen LogP contribution in [0.4, 0.5) is 0 Å². The van der Waals surface area contributed by atoms with E-state index in [4.69, 9.17) is 9.84 Å². The largest absolute Gasteiger partial charge is 0.481 e. The lowest BCUT2D eigenvalue weighted by Gasteiger charge is -2.27. The van der Waals surface area contributed by atoms with E-state index in [2.05, 4.69) is 5.32 Å². The molecule has 0 spiro atoms. The molecule has 0 atom stereocenters. The van der Waals surface area contributed by atoms with E-state index in [1.165, 1.54) is 0 Å². The smallest absolute Gasteiger partial charge is 0.306 e. The summed E-state index contributed by atoms with van der Waals surface area (Å²) in [6.45, 7) is 4.40. The molecule has 0 aromatic carbocycles. The molecule has 0 bridgehead atoms. The zero-order valence-corrected chi connectivity index (χ0v) is 12.1. The zero-order valence-electron chi connectivity index (χ0n) is 12.1. The average molecular weight is 271 g/mol. The molecule has 0 aliphatic heterocycles. The first kappa shape index (κ1) is 16.0. The van der Waals surface area contributed by atoms with E-state index in [-0.39, 0.29) is 11.8 Å². The Bertz CT molecular complexity index is 319. The number of rotatable bonds is 6. The Kier molecular flexibility index (Phi) is 5.79. The Morgan fingerprint density at radius 3 is 2.32 bits per heavy atom. The predicted octanol–water partition coefficient (Wildman–Crippen LogP) is 1.81. The van der Waals surface area contributed by atoms with Gasteiger partial charge in [-0.25, -0.2) is 0 Å². The Labute approximate surface area is 114 Å². The molecular formula is C14H25NO4. The highest BCUT2D eigenvalue weighted by Gasteiger charge is 2.26. The monoisotopic (exact) mass is 271 g/mol. The molecule has 1 aliphatic carbocycles. The van der Waals surface area contributed by atoms with Gasteiger partial charge >= 0.3 is 5.97 Å². The van der Waals surface area contributed by atoms with Crippen LogP contribution in [0.15, 0.2) is 0 Å². The van der Waals surface area contributed by atoms with Crippen LogP contribution in [0, 0.1) is 11.8 Å². The van der Waals surface area contributed by atoms with E-state index in [9.17, 15) is 9.59 Å². The van der Waals surface area contributed by atoms with E-state index < -0.39 is 11.6 Å². The lowest BCUT2D eigenvalue weighted by Crippen LogP contribution is -2.37. The van der Waals surface area contributed by atoms with Gasteiger partial charge < -0.3 is 15.2 Å². The molecule has 19 heavy (non-hydrogen) atoms. The van der Waals surface area contributed by atoms with Crippen molar-refractivity contribution in [1.29, 1.82) is 0 Å². The normalized spacial score (nSPS) is 23.9. The van der Waals surface area contributed by atoms with Gasteiger partial charge in [0.05, 0.1) is 17.9 Å². The summed E-state index contributed by atoms with van der Waals surface area (Å²) in [5.74, 6) is -0.485. The number of hydrogen-bond donors (Lipinski definition) is 2. The Morgan fingerprint density at radius 2 is 1.84 bits per heavy atom. The van der Waals surface area contributed by atoms with Crippen LogP contribution in [0.2, 0.25) is 0 Å². The minimum absolute atomic E-state index is 0.00721. The van der Waals surface area contributed by atoms with Crippen LogP contribution in [-0.4, -0.2) is 36.2 Å². The third-order valence-electron chi connectivity index (χ3n) is 3.92. The first-order valence-corrected chi connectivity index (χ1v) is 6.88. The molecule has 5 heteroatoms. The Balaban J connectivity index is 2.24. The molecule has 1 saturated carbocycles. The second-order valence-corrected chi connectivity index (χ2v) is 6.00. The highest BCUT2D eigenvalue weighted by atomic mass is 16.5. The summed E-state index contributed by atoms with van der Waals surface area (Å²) in [5, 5.41) is 11.8. The molecule has 1 amide bonds. The van der Waals surface area contributed by atoms with E-state index in [0.29, 0.717) is 18.9 Å². The minimum atomic E-state index is -0.690. The van der Waals surface area contributed by atoms with Crippen molar-refractivity contribution in [2.24, 2.45) is 11.8 Å². The first-order valence-electron chi connectivity index (χ1n) is 6.88. The number of aliphatic carboxylic acids is 1. The molecule has 0 unspecified atom stereocenters. The van der Waals surface area contributed by atoms with Gasteiger partial charge in [0.25, 0.3) is 0 Å². The van der Waals surface area contributed by atoms with Crippen LogP contribution in [0.25, 0.3) is 0 Å². The number of methoxy groups -OCH3 is 1. The van der Waals surface area contributed by atoms with Crippen LogP contribution >= 0.6 is 0 Å². The molecule has 0 aromatic heterocycles. The molecular weight excluding hydrogens is 246 g/mol. The third kappa shape index (κ3) is 5.59. The van der Waals surface area contributed by atoms with Crippen molar-refractivity contribution >= 4 is 11.9 Å². The molecule has 2 N–H and O–H groups in total. The molecule has 0 aromatic rings. The fourth-order valence-corrected chi connectivity index (χ4v) is 2.39. The van der Waals surface area contributed by atoms with Gasteiger partial charge in [-0.2, -0.15) is 0 Å². The van der Waals surface area contributed by atoms with Crippen LogP contribution in [0.5, 0.6) is 0 Å². The number of amides is 1. The molecule has 1 rings (SSSR count). The van der Waals surface area contributed by atoms with E-state index in [0.717, 1.165) is 25.7 Å². The standard InChI is InChI=1S/C14H25NO4/c1-14(2,19-3)8-12(16)15-9-10-4-6-11(7-5-10)13(17)18/h10-11H,4-9H2,1-3H3,(H,15,16)(H,17,18). The number of carbonyl (C=O) groups is 2. The van der Waals surface area contributed by atoms with Crippen molar-refractivity contribution in [2.45, 2.75) is 51.6 Å². The molecule has 1 fully saturated rings. The summed E-state index contributed by atoms with van der Waals surface area (Å²) in [7, 11) is 1.60. The van der Waals surface area contributed by atoms with Crippen molar-refractivity contribution < 1.29 is 19.4 Å². The van der Waals surface area contributed by atoms with Gasteiger partial charge in [-0.1, -0.05) is 0 Å². The molecule has 5 nitrogen and oxygen atoms in total. The second-order valence-electron chi connectivity index (χ2n) is 6.00. The molecule has 0 saturated heterocycles. The number of ether oxygens (including phenoxy) is 1. The Hall–Kier alpha value is -1.10. The summed E-state index contributed by atoms with van der Waals surface area (Å²) in [6.07, 6.45) is 3.54. The van der Waals surface area contributed by atoms with Gasteiger partial charge in [-0.05, 0) is 45.4 Å².